The Morgan fingerprint density at radius 2 is 1.11 bits per heavy atom. The van der Waals surface area contributed by atoms with Crippen molar-refractivity contribution in [2.24, 2.45) is 0 Å². The third kappa shape index (κ3) is 6.96. The number of rotatable bonds is 10. The zero-order valence-corrected chi connectivity index (χ0v) is 20.8. The summed E-state index contributed by atoms with van der Waals surface area (Å²) in [5.74, 6) is 0.954. The monoisotopic (exact) mass is 500 g/mol. The molecule has 0 aromatic heterocycles. The molecule has 0 aliphatic rings. The molecular weight excluding hydrogens is 472 g/mol. The molecule has 1 amide bonds. The fraction of sp³-hybridized carbons (Fsp3) is 0.138. The topological polar surface area (TPSA) is 66.9 Å². The van der Waals surface area contributed by atoms with Gasteiger partial charge in [-0.3, -0.25) is 9.10 Å². The van der Waals surface area contributed by atoms with Crippen molar-refractivity contribution >= 4 is 21.6 Å². The van der Waals surface area contributed by atoms with Crippen LogP contribution in [0.1, 0.15) is 11.1 Å². The number of ether oxygens (including phenoxy) is 1. The molecule has 0 bridgehead atoms. The van der Waals surface area contributed by atoms with Crippen LogP contribution in [0, 0.1) is 0 Å². The van der Waals surface area contributed by atoms with Gasteiger partial charge in [0, 0.05) is 13.1 Å². The van der Waals surface area contributed by atoms with Gasteiger partial charge in [-0.15, -0.1) is 0 Å². The number of anilines is 1. The minimum absolute atomic E-state index is 0.294. The molecule has 0 spiro atoms. The van der Waals surface area contributed by atoms with E-state index in [9.17, 15) is 13.2 Å². The highest BCUT2D eigenvalue weighted by molar-refractivity contribution is 7.92. The number of amides is 1. The maximum absolute atomic E-state index is 13.5. The third-order valence-corrected chi connectivity index (χ3v) is 6.71. The van der Waals surface area contributed by atoms with Crippen molar-refractivity contribution in [3.05, 3.63) is 126 Å². The fourth-order valence-electron chi connectivity index (χ4n) is 3.77. The van der Waals surface area contributed by atoms with Crippen LogP contribution < -0.4 is 9.04 Å². The molecule has 0 saturated heterocycles. The Morgan fingerprint density at radius 1 is 0.667 bits per heavy atom. The second kappa shape index (κ2) is 11.6. The second-order valence-electron chi connectivity index (χ2n) is 8.40. The number of carbonyl (C=O) groups excluding carboxylic acids is 1. The van der Waals surface area contributed by atoms with Crippen LogP contribution in [0.15, 0.2) is 115 Å². The molecule has 4 aromatic rings. The SMILES string of the molecule is CS(=O)(=O)N(CC(=O)N(Cc1ccccc1)Cc1ccccc1)c1ccc(Oc2ccccc2)cc1. The van der Waals surface area contributed by atoms with Gasteiger partial charge >= 0.3 is 0 Å². The number of para-hydroxylation sites is 1. The van der Waals surface area contributed by atoms with E-state index < -0.39 is 10.0 Å². The Bertz CT molecular complexity index is 1320. The lowest BCUT2D eigenvalue weighted by Crippen LogP contribution is -2.42. The van der Waals surface area contributed by atoms with E-state index in [4.69, 9.17) is 4.74 Å². The Hall–Kier alpha value is -4.10. The molecule has 36 heavy (non-hydrogen) atoms. The molecule has 0 aliphatic heterocycles. The molecule has 0 fully saturated rings. The summed E-state index contributed by atoms with van der Waals surface area (Å²) >= 11 is 0. The summed E-state index contributed by atoms with van der Waals surface area (Å²) in [5, 5.41) is 0. The van der Waals surface area contributed by atoms with Gasteiger partial charge in [-0.1, -0.05) is 78.9 Å². The highest BCUT2D eigenvalue weighted by Gasteiger charge is 2.24. The third-order valence-electron chi connectivity index (χ3n) is 5.57. The summed E-state index contributed by atoms with van der Waals surface area (Å²) in [4.78, 5) is 15.2. The molecule has 4 aromatic carbocycles. The van der Waals surface area contributed by atoms with E-state index >= 15 is 0 Å². The van der Waals surface area contributed by atoms with E-state index in [1.165, 1.54) is 0 Å². The van der Waals surface area contributed by atoms with Crippen LogP contribution in [0.3, 0.4) is 0 Å². The Labute approximate surface area is 212 Å². The summed E-state index contributed by atoms with van der Waals surface area (Å²) in [6.45, 7) is 0.434. The maximum Gasteiger partial charge on any atom is 0.243 e. The molecule has 0 unspecified atom stereocenters. The molecule has 7 heteroatoms. The van der Waals surface area contributed by atoms with Gasteiger partial charge in [0.1, 0.15) is 18.0 Å². The van der Waals surface area contributed by atoms with Crippen molar-refractivity contribution in [3.8, 4) is 11.5 Å². The lowest BCUT2D eigenvalue weighted by molar-refractivity contribution is -0.130. The first-order valence-electron chi connectivity index (χ1n) is 11.5. The molecule has 0 radical (unpaired) electrons. The predicted octanol–water partition coefficient (Wildman–Crippen LogP) is 5.47. The average molecular weight is 501 g/mol. The van der Waals surface area contributed by atoms with E-state index in [0.29, 0.717) is 30.3 Å². The Balaban J connectivity index is 1.54. The minimum atomic E-state index is -3.72. The van der Waals surface area contributed by atoms with E-state index in [1.54, 1.807) is 29.2 Å². The van der Waals surface area contributed by atoms with Crippen molar-refractivity contribution in [2.45, 2.75) is 13.1 Å². The maximum atomic E-state index is 13.5. The molecule has 0 aliphatic carbocycles. The molecule has 0 saturated carbocycles. The molecule has 0 atom stereocenters. The van der Waals surface area contributed by atoms with Crippen molar-refractivity contribution in [1.29, 1.82) is 0 Å². The van der Waals surface area contributed by atoms with Crippen molar-refractivity contribution < 1.29 is 17.9 Å². The van der Waals surface area contributed by atoms with Crippen LogP contribution >= 0.6 is 0 Å². The van der Waals surface area contributed by atoms with E-state index in [2.05, 4.69) is 0 Å². The summed E-state index contributed by atoms with van der Waals surface area (Å²) in [7, 11) is -3.72. The van der Waals surface area contributed by atoms with Gasteiger partial charge in [-0.25, -0.2) is 8.42 Å². The first-order chi connectivity index (χ1) is 17.4. The van der Waals surface area contributed by atoms with Crippen LogP contribution in [0.2, 0.25) is 0 Å². The van der Waals surface area contributed by atoms with Gasteiger partial charge in [-0.2, -0.15) is 0 Å². The highest BCUT2D eigenvalue weighted by Crippen LogP contribution is 2.26. The van der Waals surface area contributed by atoms with Gasteiger partial charge in [-0.05, 0) is 47.5 Å². The van der Waals surface area contributed by atoms with Crippen molar-refractivity contribution in [3.63, 3.8) is 0 Å². The van der Waals surface area contributed by atoms with Crippen LogP contribution in [0.25, 0.3) is 0 Å². The van der Waals surface area contributed by atoms with Crippen LogP contribution in [0.5, 0.6) is 11.5 Å². The summed E-state index contributed by atoms with van der Waals surface area (Å²) in [6.07, 6.45) is 1.10. The first kappa shape index (κ1) is 25.0. The quantitative estimate of drug-likeness (QED) is 0.289. The largest absolute Gasteiger partial charge is 0.457 e. The summed E-state index contributed by atoms with van der Waals surface area (Å²) < 4.78 is 32.4. The lowest BCUT2D eigenvalue weighted by Gasteiger charge is -2.28. The summed E-state index contributed by atoms with van der Waals surface area (Å²) in [6, 6.07) is 35.3. The number of nitrogens with zero attached hydrogens (tertiary/aromatic N) is 2. The van der Waals surface area contributed by atoms with Crippen LogP contribution in [-0.4, -0.2) is 32.0 Å². The van der Waals surface area contributed by atoms with Gasteiger partial charge in [0.05, 0.1) is 11.9 Å². The van der Waals surface area contributed by atoms with Crippen LogP contribution in [-0.2, 0) is 27.9 Å². The Kier molecular flexibility index (Phi) is 8.02. The molecular formula is C29H28N2O4S. The standard InChI is InChI=1S/C29H28N2O4S/c1-36(33,34)31(26-17-19-28(20-18-26)35-27-15-9-4-10-16-27)23-29(32)30(21-24-11-5-2-6-12-24)22-25-13-7-3-8-14-25/h2-20H,21-23H2,1H3. The van der Waals surface area contributed by atoms with Gasteiger partial charge < -0.3 is 9.64 Å². The van der Waals surface area contributed by atoms with Gasteiger partial charge in [0.2, 0.25) is 15.9 Å². The number of hydrogen-bond acceptors (Lipinski definition) is 4. The van der Waals surface area contributed by atoms with E-state index in [-0.39, 0.29) is 12.5 Å². The summed E-state index contributed by atoms with van der Waals surface area (Å²) in [5.41, 5.74) is 2.33. The zero-order valence-electron chi connectivity index (χ0n) is 20.0. The predicted molar refractivity (Wildman–Crippen MR) is 142 cm³/mol. The number of sulfonamides is 1. The van der Waals surface area contributed by atoms with Crippen molar-refractivity contribution in [2.75, 3.05) is 17.1 Å². The molecule has 4 rings (SSSR count). The Morgan fingerprint density at radius 3 is 1.58 bits per heavy atom. The molecule has 0 heterocycles. The smallest absolute Gasteiger partial charge is 0.243 e. The van der Waals surface area contributed by atoms with Gasteiger partial charge in [0.25, 0.3) is 0 Å². The molecule has 184 valence electrons. The fourth-order valence-corrected chi connectivity index (χ4v) is 4.62. The number of benzene rings is 4. The normalized spacial score (nSPS) is 11.0. The van der Waals surface area contributed by atoms with Crippen LogP contribution in [0.4, 0.5) is 5.69 Å². The first-order valence-corrected chi connectivity index (χ1v) is 13.4. The number of carbonyl (C=O) groups is 1. The average Bonchev–Trinajstić information content (AvgIpc) is 2.88. The van der Waals surface area contributed by atoms with Gasteiger partial charge in [0.15, 0.2) is 0 Å². The lowest BCUT2D eigenvalue weighted by atomic mass is 10.1. The zero-order chi connectivity index (χ0) is 25.4. The molecule has 0 N–H and O–H groups in total. The van der Waals surface area contributed by atoms with E-state index in [0.717, 1.165) is 21.7 Å². The second-order valence-corrected chi connectivity index (χ2v) is 10.3. The van der Waals surface area contributed by atoms with E-state index in [1.807, 2.05) is 91.0 Å². The van der Waals surface area contributed by atoms with Crippen molar-refractivity contribution in [1.82, 2.24) is 4.90 Å². The number of hydrogen-bond donors (Lipinski definition) is 0. The highest BCUT2D eigenvalue weighted by atomic mass is 32.2. The minimum Gasteiger partial charge on any atom is -0.457 e. The molecule has 6 nitrogen and oxygen atoms in total.